The molecule has 0 aliphatic carbocycles. The van der Waals surface area contributed by atoms with Crippen molar-refractivity contribution in [1.29, 1.82) is 0 Å². The van der Waals surface area contributed by atoms with E-state index in [0.29, 0.717) is 12.5 Å². The number of hydrazine groups is 1. The Bertz CT molecular complexity index is 269. The summed E-state index contributed by atoms with van der Waals surface area (Å²) in [4.78, 5) is 14.2. The first-order chi connectivity index (χ1) is 7.52. The van der Waals surface area contributed by atoms with Gasteiger partial charge in [-0.3, -0.25) is 9.80 Å². The van der Waals surface area contributed by atoms with E-state index in [-0.39, 0.29) is 11.3 Å². The Balaban J connectivity index is 1.94. The van der Waals surface area contributed by atoms with E-state index in [1.807, 2.05) is 0 Å². The second-order valence-corrected chi connectivity index (χ2v) is 5.64. The highest BCUT2D eigenvalue weighted by atomic mass is 16.2. The molecule has 1 amide bonds. The lowest BCUT2D eigenvalue weighted by Gasteiger charge is -2.46. The smallest absolute Gasteiger partial charge is 0.237 e. The summed E-state index contributed by atoms with van der Waals surface area (Å²) in [6.45, 7) is 7.49. The molecule has 2 saturated heterocycles. The molecule has 0 atom stereocenters. The molecular formula is C12H23N3O. The highest BCUT2D eigenvalue weighted by Gasteiger charge is 2.40. The molecule has 2 heterocycles. The van der Waals surface area contributed by atoms with Gasteiger partial charge in [0.05, 0.1) is 0 Å². The van der Waals surface area contributed by atoms with Gasteiger partial charge in [-0.05, 0) is 51.6 Å². The number of likely N-dealkylation sites (tertiary alicyclic amines) is 1. The summed E-state index contributed by atoms with van der Waals surface area (Å²) >= 11 is 0. The van der Waals surface area contributed by atoms with Gasteiger partial charge < -0.3 is 4.90 Å². The number of nitrogens with two attached hydrogens (primary N) is 1. The summed E-state index contributed by atoms with van der Waals surface area (Å²) in [7, 11) is 0. The van der Waals surface area contributed by atoms with Crippen molar-refractivity contribution in [2.45, 2.75) is 45.6 Å². The van der Waals surface area contributed by atoms with E-state index >= 15 is 0 Å². The number of amides is 1. The molecule has 2 N–H and O–H groups in total. The van der Waals surface area contributed by atoms with Gasteiger partial charge in [0.1, 0.15) is 0 Å². The van der Waals surface area contributed by atoms with E-state index in [1.54, 1.807) is 0 Å². The normalized spacial score (nSPS) is 26.8. The molecule has 2 fully saturated rings. The molecular weight excluding hydrogens is 202 g/mol. The lowest BCUT2D eigenvalue weighted by molar-refractivity contribution is -0.140. The first kappa shape index (κ1) is 11.9. The van der Waals surface area contributed by atoms with Crippen LogP contribution in [0.2, 0.25) is 0 Å². The molecule has 16 heavy (non-hydrogen) atoms. The molecule has 0 aromatic heterocycles. The van der Waals surface area contributed by atoms with Gasteiger partial charge in [0.15, 0.2) is 0 Å². The maximum Gasteiger partial charge on any atom is 0.237 e. The van der Waals surface area contributed by atoms with Gasteiger partial charge in [-0.15, -0.1) is 0 Å². The van der Waals surface area contributed by atoms with Crippen molar-refractivity contribution in [1.82, 2.24) is 9.91 Å². The third-order valence-corrected chi connectivity index (χ3v) is 4.32. The topological polar surface area (TPSA) is 49.6 Å². The van der Waals surface area contributed by atoms with E-state index in [4.69, 9.17) is 5.84 Å². The minimum Gasteiger partial charge on any atom is -0.301 e. The van der Waals surface area contributed by atoms with Crippen molar-refractivity contribution in [3.63, 3.8) is 0 Å². The van der Waals surface area contributed by atoms with E-state index < -0.39 is 0 Å². The summed E-state index contributed by atoms with van der Waals surface area (Å²) < 4.78 is 0. The Morgan fingerprint density at radius 3 is 2.25 bits per heavy atom. The predicted molar refractivity (Wildman–Crippen MR) is 63.5 cm³/mol. The van der Waals surface area contributed by atoms with E-state index in [2.05, 4.69) is 18.7 Å². The Labute approximate surface area is 97.7 Å². The molecule has 92 valence electrons. The van der Waals surface area contributed by atoms with Crippen molar-refractivity contribution in [2.24, 2.45) is 11.3 Å². The number of carbonyl (C=O) groups is 1. The zero-order chi connectivity index (χ0) is 11.8. The minimum atomic E-state index is 0.129. The molecule has 0 aromatic carbocycles. The SMILES string of the molecule is CC(C)N1CCC2(CCN(N)C(=O)C2)CC1. The van der Waals surface area contributed by atoms with E-state index in [0.717, 1.165) is 38.9 Å². The summed E-state index contributed by atoms with van der Waals surface area (Å²) in [6, 6.07) is 0.627. The Kier molecular flexibility index (Phi) is 3.22. The van der Waals surface area contributed by atoms with Crippen molar-refractivity contribution >= 4 is 5.91 Å². The molecule has 2 aliphatic rings. The van der Waals surface area contributed by atoms with Crippen LogP contribution in [0.15, 0.2) is 0 Å². The number of hydrogen-bond donors (Lipinski definition) is 1. The first-order valence-corrected chi connectivity index (χ1v) is 6.32. The van der Waals surface area contributed by atoms with Crippen LogP contribution in [0.1, 0.15) is 39.5 Å². The fourth-order valence-electron chi connectivity index (χ4n) is 2.93. The monoisotopic (exact) mass is 225 g/mol. The van der Waals surface area contributed by atoms with Gasteiger partial charge in [0.2, 0.25) is 5.91 Å². The average Bonchev–Trinajstić information content (AvgIpc) is 2.25. The Morgan fingerprint density at radius 2 is 1.75 bits per heavy atom. The zero-order valence-corrected chi connectivity index (χ0v) is 10.4. The van der Waals surface area contributed by atoms with Crippen LogP contribution < -0.4 is 5.84 Å². The maximum atomic E-state index is 11.7. The summed E-state index contributed by atoms with van der Waals surface area (Å²) in [5.41, 5.74) is 0.262. The van der Waals surface area contributed by atoms with Crippen LogP contribution in [0, 0.1) is 5.41 Å². The third-order valence-electron chi connectivity index (χ3n) is 4.32. The van der Waals surface area contributed by atoms with Gasteiger partial charge in [-0.1, -0.05) is 0 Å². The lowest BCUT2D eigenvalue weighted by Crippen LogP contribution is -2.52. The van der Waals surface area contributed by atoms with Gasteiger partial charge in [0, 0.05) is 19.0 Å². The number of piperidine rings is 2. The van der Waals surface area contributed by atoms with Crippen molar-refractivity contribution in [3.05, 3.63) is 0 Å². The molecule has 4 nitrogen and oxygen atoms in total. The van der Waals surface area contributed by atoms with E-state index in [9.17, 15) is 4.79 Å². The number of nitrogens with zero attached hydrogens (tertiary/aromatic N) is 2. The first-order valence-electron chi connectivity index (χ1n) is 6.32. The van der Waals surface area contributed by atoms with Crippen LogP contribution in [-0.4, -0.2) is 41.5 Å². The fourth-order valence-corrected chi connectivity index (χ4v) is 2.93. The Hall–Kier alpha value is -0.610. The molecule has 0 saturated carbocycles. The fraction of sp³-hybridized carbons (Fsp3) is 0.917. The van der Waals surface area contributed by atoms with Crippen molar-refractivity contribution in [2.75, 3.05) is 19.6 Å². The molecule has 0 radical (unpaired) electrons. The molecule has 0 unspecified atom stereocenters. The predicted octanol–water partition coefficient (Wildman–Crippen LogP) is 0.973. The molecule has 4 heteroatoms. The van der Waals surface area contributed by atoms with Gasteiger partial charge in [0.25, 0.3) is 0 Å². The van der Waals surface area contributed by atoms with Gasteiger partial charge in [-0.2, -0.15) is 0 Å². The van der Waals surface area contributed by atoms with Crippen LogP contribution in [0.3, 0.4) is 0 Å². The second kappa shape index (κ2) is 4.34. The molecule has 0 aromatic rings. The molecule has 2 aliphatic heterocycles. The van der Waals surface area contributed by atoms with Gasteiger partial charge >= 0.3 is 0 Å². The highest BCUT2D eigenvalue weighted by molar-refractivity contribution is 5.77. The van der Waals surface area contributed by atoms with Crippen LogP contribution in [0.25, 0.3) is 0 Å². The quantitative estimate of drug-likeness (QED) is 0.534. The highest BCUT2D eigenvalue weighted by Crippen LogP contribution is 2.41. The van der Waals surface area contributed by atoms with Crippen LogP contribution in [-0.2, 0) is 4.79 Å². The molecule has 0 bridgehead atoms. The Morgan fingerprint density at radius 1 is 1.19 bits per heavy atom. The van der Waals surface area contributed by atoms with Crippen molar-refractivity contribution < 1.29 is 4.79 Å². The summed E-state index contributed by atoms with van der Waals surface area (Å²) in [5, 5.41) is 1.39. The number of rotatable bonds is 1. The number of carbonyl (C=O) groups excluding carboxylic acids is 1. The van der Waals surface area contributed by atoms with Crippen LogP contribution in [0.4, 0.5) is 0 Å². The second-order valence-electron chi connectivity index (χ2n) is 5.64. The average molecular weight is 225 g/mol. The van der Waals surface area contributed by atoms with Crippen LogP contribution in [0.5, 0.6) is 0 Å². The number of hydrogen-bond acceptors (Lipinski definition) is 3. The zero-order valence-electron chi connectivity index (χ0n) is 10.4. The molecule has 2 rings (SSSR count). The van der Waals surface area contributed by atoms with E-state index in [1.165, 1.54) is 5.01 Å². The summed E-state index contributed by atoms with van der Waals surface area (Å²) in [6.07, 6.45) is 4.06. The largest absolute Gasteiger partial charge is 0.301 e. The van der Waals surface area contributed by atoms with Crippen LogP contribution >= 0.6 is 0 Å². The molecule has 1 spiro atoms. The lowest BCUT2D eigenvalue weighted by atomic mass is 9.71. The minimum absolute atomic E-state index is 0.129. The van der Waals surface area contributed by atoms with Gasteiger partial charge in [-0.25, -0.2) is 5.84 Å². The standard InChI is InChI=1S/C12H23N3O/c1-10(2)14-6-3-12(4-7-14)5-8-15(13)11(16)9-12/h10H,3-9,13H2,1-2H3. The maximum absolute atomic E-state index is 11.7. The van der Waals surface area contributed by atoms with Crippen molar-refractivity contribution in [3.8, 4) is 0 Å². The third kappa shape index (κ3) is 2.23. The summed E-state index contributed by atoms with van der Waals surface area (Å²) in [5.74, 6) is 5.75.